The fourth-order valence-electron chi connectivity index (χ4n) is 1.94. The summed E-state index contributed by atoms with van der Waals surface area (Å²) in [7, 11) is 0. The SMILES string of the molecule is CCc1ccc(C(Br)c2ccc(Br)c(C)c2)cc1. The number of aryl methyl sites for hydroxylation is 2. The smallest absolute Gasteiger partial charge is 0.0644 e. The van der Waals surface area contributed by atoms with Crippen LogP contribution in [-0.4, -0.2) is 0 Å². The van der Waals surface area contributed by atoms with Crippen molar-refractivity contribution in [3.05, 3.63) is 69.2 Å². The van der Waals surface area contributed by atoms with Gasteiger partial charge in [0.25, 0.3) is 0 Å². The Morgan fingerprint density at radius 1 is 1.00 bits per heavy atom. The third-order valence-electron chi connectivity index (χ3n) is 3.16. The van der Waals surface area contributed by atoms with Crippen LogP contribution in [0, 0.1) is 6.92 Å². The molecule has 1 unspecified atom stereocenters. The minimum Gasteiger partial charge on any atom is -0.0786 e. The average Bonchev–Trinajstić information content (AvgIpc) is 2.41. The Labute approximate surface area is 126 Å². The van der Waals surface area contributed by atoms with Crippen molar-refractivity contribution in [2.45, 2.75) is 25.1 Å². The fourth-order valence-corrected chi connectivity index (χ4v) is 2.78. The molecule has 0 nitrogen and oxygen atoms in total. The lowest BCUT2D eigenvalue weighted by atomic mass is 10.0. The van der Waals surface area contributed by atoms with Gasteiger partial charge in [0.2, 0.25) is 0 Å². The van der Waals surface area contributed by atoms with E-state index in [1.54, 1.807) is 0 Å². The molecule has 2 aromatic carbocycles. The molecule has 0 spiro atoms. The molecule has 0 aliphatic heterocycles. The van der Waals surface area contributed by atoms with Gasteiger partial charge in [0.05, 0.1) is 4.83 Å². The van der Waals surface area contributed by atoms with Gasteiger partial charge in [0.15, 0.2) is 0 Å². The highest BCUT2D eigenvalue weighted by molar-refractivity contribution is 9.10. The van der Waals surface area contributed by atoms with E-state index in [9.17, 15) is 0 Å². The lowest BCUT2D eigenvalue weighted by molar-refractivity contribution is 1.11. The van der Waals surface area contributed by atoms with Crippen LogP contribution in [0.2, 0.25) is 0 Å². The highest BCUT2D eigenvalue weighted by atomic mass is 79.9. The Hall–Kier alpha value is -0.600. The van der Waals surface area contributed by atoms with E-state index in [-0.39, 0.29) is 4.83 Å². The van der Waals surface area contributed by atoms with Crippen LogP contribution in [0.15, 0.2) is 46.9 Å². The molecule has 0 fully saturated rings. The fraction of sp³-hybridized carbons (Fsp3) is 0.250. The molecule has 0 radical (unpaired) electrons. The van der Waals surface area contributed by atoms with Crippen molar-refractivity contribution in [2.24, 2.45) is 0 Å². The average molecular weight is 368 g/mol. The number of halogens is 2. The lowest BCUT2D eigenvalue weighted by Crippen LogP contribution is -1.94. The maximum atomic E-state index is 3.78. The van der Waals surface area contributed by atoms with Gasteiger partial charge in [-0.25, -0.2) is 0 Å². The normalized spacial score (nSPS) is 12.4. The topological polar surface area (TPSA) is 0 Å². The molecule has 0 saturated carbocycles. The summed E-state index contributed by atoms with van der Waals surface area (Å²) in [5.41, 5.74) is 5.24. The largest absolute Gasteiger partial charge is 0.0786 e. The van der Waals surface area contributed by atoms with Crippen LogP contribution < -0.4 is 0 Å². The van der Waals surface area contributed by atoms with Gasteiger partial charge in [0.1, 0.15) is 0 Å². The maximum Gasteiger partial charge on any atom is 0.0644 e. The number of benzene rings is 2. The predicted molar refractivity (Wildman–Crippen MR) is 85.5 cm³/mol. The molecule has 18 heavy (non-hydrogen) atoms. The van der Waals surface area contributed by atoms with Gasteiger partial charge in [-0.15, -0.1) is 0 Å². The van der Waals surface area contributed by atoms with Crippen LogP contribution >= 0.6 is 31.9 Å². The van der Waals surface area contributed by atoms with E-state index in [4.69, 9.17) is 0 Å². The Morgan fingerprint density at radius 2 is 1.61 bits per heavy atom. The summed E-state index contributed by atoms with van der Waals surface area (Å²) >= 11 is 7.32. The first kappa shape index (κ1) is 13.8. The number of rotatable bonds is 3. The molecule has 0 amide bonds. The molecule has 94 valence electrons. The van der Waals surface area contributed by atoms with Gasteiger partial charge < -0.3 is 0 Å². The van der Waals surface area contributed by atoms with Crippen molar-refractivity contribution in [1.82, 2.24) is 0 Å². The molecule has 0 N–H and O–H groups in total. The van der Waals surface area contributed by atoms with E-state index in [2.05, 4.69) is 88.2 Å². The van der Waals surface area contributed by atoms with E-state index in [1.165, 1.54) is 22.3 Å². The molecular weight excluding hydrogens is 352 g/mol. The summed E-state index contributed by atoms with van der Waals surface area (Å²) in [6.45, 7) is 4.30. The zero-order valence-electron chi connectivity index (χ0n) is 10.6. The Kier molecular flexibility index (Phi) is 4.63. The first-order chi connectivity index (χ1) is 8.61. The standard InChI is InChI=1S/C16H16Br2/c1-3-12-4-6-13(7-5-12)16(18)14-8-9-15(17)11(2)10-14/h4-10,16H,3H2,1-2H3. The third kappa shape index (κ3) is 3.04. The van der Waals surface area contributed by atoms with Crippen molar-refractivity contribution >= 4 is 31.9 Å². The van der Waals surface area contributed by atoms with Crippen molar-refractivity contribution in [2.75, 3.05) is 0 Å². The number of hydrogen-bond donors (Lipinski definition) is 0. The van der Waals surface area contributed by atoms with Crippen LogP contribution in [0.4, 0.5) is 0 Å². The summed E-state index contributed by atoms with van der Waals surface area (Å²) in [5, 5.41) is 0. The Balaban J connectivity index is 2.28. The maximum absolute atomic E-state index is 3.78. The molecule has 0 aliphatic rings. The van der Waals surface area contributed by atoms with E-state index < -0.39 is 0 Å². The molecule has 2 rings (SSSR count). The first-order valence-electron chi connectivity index (χ1n) is 6.10. The molecule has 0 bridgehead atoms. The van der Waals surface area contributed by atoms with Gasteiger partial charge in [-0.05, 0) is 41.7 Å². The second kappa shape index (κ2) is 6.03. The van der Waals surface area contributed by atoms with E-state index in [1.807, 2.05) is 0 Å². The van der Waals surface area contributed by atoms with Crippen molar-refractivity contribution < 1.29 is 0 Å². The highest BCUT2D eigenvalue weighted by Gasteiger charge is 2.10. The quantitative estimate of drug-likeness (QED) is 0.601. The van der Waals surface area contributed by atoms with E-state index in [0.29, 0.717) is 0 Å². The highest BCUT2D eigenvalue weighted by Crippen LogP contribution is 2.32. The summed E-state index contributed by atoms with van der Waals surface area (Å²) in [6.07, 6.45) is 1.09. The molecule has 0 aliphatic carbocycles. The van der Waals surface area contributed by atoms with Gasteiger partial charge in [0, 0.05) is 4.47 Å². The summed E-state index contributed by atoms with van der Waals surface area (Å²) < 4.78 is 1.16. The monoisotopic (exact) mass is 366 g/mol. The molecule has 2 aromatic rings. The lowest BCUT2D eigenvalue weighted by Gasteiger charge is -2.12. The molecule has 0 aromatic heterocycles. The van der Waals surface area contributed by atoms with Crippen molar-refractivity contribution in [1.29, 1.82) is 0 Å². The zero-order valence-corrected chi connectivity index (χ0v) is 13.8. The first-order valence-corrected chi connectivity index (χ1v) is 7.81. The van der Waals surface area contributed by atoms with E-state index in [0.717, 1.165) is 10.9 Å². The van der Waals surface area contributed by atoms with Crippen LogP contribution in [-0.2, 0) is 6.42 Å². The van der Waals surface area contributed by atoms with Gasteiger partial charge in [-0.2, -0.15) is 0 Å². The Morgan fingerprint density at radius 3 is 2.17 bits per heavy atom. The van der Waals surface area contributed by atoms with Crippen LogP contribution in [0.3, 0.4) is 0 Å². The third-order valence-corrected chi connectivity index (χ3v) is 5.10. The summed E-state index contributed by atoms with van der Waals surface area (Å²) in [6, 6.07) is 15.3. The summed E-state index contributed by atoms with van der Waals surface area (Å²) in [5.74, 6) is 0. The molecule has 0 heterocycles. The zero-order chi connectivity index (χ0) is 13.1. The van der Waals surface area contributed by atoms with Crippen LogP contribution in [0.1, 0.15) is 34.0 Å². The van der Waals surface area contributed by atoms with Crippen molar-refractivity contribution in [3.63, 3.8) is 0 Å². The number of alkyl halides is 1. The molecule has 0 saturated heterocycles. The van der Waals surface area contributed by atoms with Gasteiger partial charge in [-0.1, -0.05) is 75.2 Å². The molecule has 1 atom stereocenters. The minimum absolute atomic E-state index is 0.259. The van der Waals surface area contributed by atoms with Gasteiger partial charge >= 0.3 is 0 Å². The van der Waals surface area contributed by atoms with Gasteiger partial charge in [-0.3, -0.25) is 0 Å². The summed E-state index contributed by atoms with van der Waals surface area (Å²) in [4.78, 5) is 0.259. The Bertz CT molecular complexity index is 529. The minimum atomic E-state index is 0.259. The second-order valence-corrected chi connectivity index (χ2v) is 6.24. The number of hydrogen-bond acceptors (Lipinski definition) is 0. The predicted octanol–water partition coefficient (Wildman–Crippen LogP) is 5.80. The van der Waals surface area contributed by atoms with Crippen LogP contribution in [0.5, 0.6) is 0 Å². The van der Waals surface area contributed by atoms with E-state index >= 15 is 0 Å². The second-order valence-electron chi connectivity index (χ2n) is 4.47. The molecule has 2 heteroatoms. The van der Waals surface area contributed by atoms with Crippen molar-refractivity contribution in [3.8, 4) is 0 Å². The molecular formula is C16H16Br2. The van der Waals surface area contributed by atoms with Crippen LogP contribution in [0.25, 0.3) is 0 Å².